The monoisotopic (exact) mass is 230 g/mol. The quantitative estimate of drug-likeness (QED) is 0.760. The molecule has 1 spiro atoms. The fraction of sp³-hybridized carbons (Fsp3) is 0.385. The number of anilines is 1. The molecule has 0 bridgehead atoms. The molecule has 3 N–H and O–H groups in total. The lowest BCUT2D eigenvalue weighted by atomic mass is 9.79. The van der Waals surface area contributed by atoms with Crippen LogP contribution in [0.3, 0.4) is 0 Å². The van der Waals surface area contributed by atoms with E-state index in [1.165, 1.54) is 0 Å². The first kappa shape index (κ1) is 10.3. The van der Waals surface area contributed by atoms with Gasteiger partial charge in [0, 0.05) is 11.6 Å². The molecule has 2 amide bonds. The van der Waals surface area contributed by atoms with Gasteiger partial charge < -0.3 is 11.1 Å². The highest BCUT2D eigenvalue weighted by atomic mass is 16.2. The molecule has 2 atom stereocenters. The number of hydrogen-bond acceptors (Lipinski definition) is 2. The summed E-state index contributed by atoms with van der Waals surface area (Å²) in [7, 11) is 0. The third-order valence-electron chi connectivity index (χ3n) is 4.04. The molecule has 4 nitrogen and oxygen atoms in total. The molecule has 2 aliphatic rings. The maximum absolute atomic E-state index is 12.2. The van der Waals surface area contributed by atoms with Crippen LogP contribution in [0.4, 0.5) is 5.69 Å². The fourth-order valence-corrected chi connectivity index (χ4v) is 3.11. The number of para-hydroxylation sites is 1. The molecule has 3 rings (SSSR count). The van der Waals surface area contributed by atoms with Gasteiger partial charge in [-0.3, -0.25) is 9.59 Å². The molecule has 0 radical (unpaired) electrons. The first-order chi connectivity index (χ1) is 8.13. The Morgan fingerprint density at radius 2 is 2.18 bits per heavy atom. The van der Waals surface area contributed by atoms with Crippen molar-refractivity contribution in [2.24, 2.45) is 11.7 Å². The van der Waals surface area contributed by atoms with Gasteiger partial charge >= 0.3 is 0 Å². The summed E-state index contributed by atoms with van der Waals surface area (Å²) in [6.45, 7) is 0. The van der Waals surface area contributed by atoms with Crippen molar-refractivity contribution in [3.63, 3.8) is 0 Å². The molecular formula is C13H14N2O2. The molecule has 1 aromatic carbocycles. The van der Waals surface area contributed by atoms with Gasteiger partial charge in [-0.2, -0.15) is 0 Å². The zero-order valence-electron chi connectivity index (χ0n) is 9.40. The number of fused-ring (bicyclic) bond motifs is 2. The van der Waals surface area contributed by atoms with Crippen LogP contribution < -0.4 is 11.1 Å². The van der Waals surface area contributed by atoms with Gasteiger partial charge in [0.2, 0.25) is 11.8 Å². The van der Waals surface area contributed by atoms with Crippen molar-refractivity contribution in [1.82, 2.24) is 0 Å². The molecule has 1 aromatic rings. The van der Waals surface area contributed by atoms with E-state index in [1.54, 1.807) is 0 Å². The Bertz CT molecular complexity index is 512. The minimum atomic E-state index is -0.518. The highest BCUT2D eigenvalue weighted by Crippen LogP contribution is 2.50. The first-order valence-corrected chi connectivity index (χ1v) is 5.84. The maximum Gasteiger partial charge on any atom is 0.235 e. The predicted molar refractivity (Wildman–Crippen MR) is 63.3 cm³/mol. The molecule has 1 aliphatic carbocycles. The average molecular weight is 230 g/mol. The number of benzene rings is 1. The second-order valence-corrected chi connectivity index (χ2v) is 4.92. The smallest absolute Gasteiger partial charge is 0.235 e. The van der Waals surface area contributed by atoms with Gasteiger partial charge in [-0.1, -0.05) is 18.2 Å². The van der Waals surface area contributed by atoms with Crippen molar-refractivity contribution in [2.75, 3.05) is 5.32 Å². The standard InChI is InChI=1S/C13H14N2O2/c14-11(16)8-5-6-13(7-8)9-3-1-2-4-10(9)15-12(13)17/h1-4,8H,5-7H2,(H2,14,16)(H,15,17)/t8-,13+/m0/s1. The number of hydrogen-bond donors (Lipinski definition) is 2. The van der Waals surface area contributed by atoms with Crippen molar-refractivity contribution in [2.45, 2.75) is 24.7 Å². The molecule has 88 valence electrons. The summed E-state index contributed by atoms with van der Waals surface area (Å²) in [4.78, 5) is 23.4. The van der Waals surface area contributed by atoms with Crippen LogP contribution in [0.5, 0.6) is 0 Å². The number of amides is 2. The van der Waals surface area contributed by atoms with Gasteiger partial charge in [0.15, 0.2) is 0 Å². The molecule has 0 saturated heterocycles. The van der Waals surface area contributed by atoms with E-state index in [2.05, 4.69) is 5.32 Å². The summed E-state index contributed by atoms with van der Waals surface area (Å²) in [6, 6.07) is 7.70. The number of nitrogens with one attached hydrogen (secondary N) is 1. The SMILES string of the molecule is NC(=O)[C@H]1CC[C@]2(C1)C(=O)Nc1ccccc12. The minimum Gasteiger partial charge on any atom is -0.369 e. The van der Waals surface area contributed by atoms with Gasteiger partial charge in [0.05, 0.1) is 5.41 Å². The third kappa shape index (κ3) is 1.30. The van der Waals surface area contributed by atoms with Crippen molar-refractivity contribution in [3.05, 3.63) is 29.8 Å². The molecular weight excluding hydrogens is 216 g/mol. The van der Waals surface area contributed by atoms with E-state index >= 15 is 0 Å². The van der Waals surface area contributed by atoms with Gasteiger partial charge in [-0.15, -0.1) is 0 Å². The van der Waals surface area contributed by atoms with Crippen LogP contribution in [0, 0.1) is 5.92 Å². The second-order valence-electron chi connectivity index (χ2n) is 4.92. The number of rotatable bonds is 1. The van der Waals surface area contributed by atoms with Crippen molar-refractivity contribution >= 4 is 17.5 Å². The summed E-state index contributed by atoms with van der Waals surface area (Å²) < 4.78 is 0. The van der Waals surface area contributed by atoms with E-state index in [4.69, 9.17) is 5.73 Å². The second kappa shape index (κ2) is 3.32. The Balaban J connectivity index is 2.04. The van der Waals surface area contributed by atoms with Crippen LogP contribution in [0.2, 0.25) is 0 Å². The molecule has 0 unspecified atom stereocenters. The fourth-order valence-electron chi connectivity index (χ4n) is 3.11. The molecule has 0 aromatic heterocycles. The van der Waals surface area contributed by atoms with Crippen molar-refractivity contribution < 1.29 is 9.59 Å². The van der Waals surface area contributed by atoms with Gasteiger partial charge in [0.25, 0.3) is 0 Å². The van der Waals surface area contributed by atoms with Crippen LogP contribution in [-0.2, 0) is 15.0 Å². The Morgan fingerprint density at radius 3 is 2.88 bits per heavy atom. The van der Waals surface area contributed by atoms with Crippen molar-refractivity contribution in [1.29, 1.82) is 0 Å². The summed E-state index contributed by atoms with van der Waals surface area (Å²) in [5, 5.41) is 2.90. The van der Waals surface area contributed by atoms with Crippen LogP contribution >= 0.6 is 0 Å². The van der Waals surface area contributed by atoms with Gasteiger partial charge in [-0.05, 0) is 30.9 Å². The Kier molecular flexibility index (Phi) is 2.02. The van der Waals surface area contributed by atoms with E-state index in [-0.39, 0.29) is 17.7 Å². The number of carbonyl (C=O) groups is 2. The van der Waals surface area contributed by atoms with Gasteiger partial charge in [0.1, 0.15) is 0 Å². The lowest BCUT2D eigenvalue weighted by Crippen LogP contribution is -2.33. The topological polar surface area (TPSA) is 72.2 Å². The average Bonchev–Trinajstić information content (AvgIpc) is 2.85. The molecule has 1 aliphatic heterocycles. The number of primary amides is 1. The normalized spacial score (nSPS) is 30.4. The maximum atomic E-state index is 12.2. The Labute approximate surface area is 99.2 Å². The lowest BCUT2D eigenvalue weighted by molar-refractivity contribution is -0.122. The van der Waals surface area contributed by atoms with E-state index in [0.717, 1.165) is 11.3 Å². The highest BCUT2D eigenvalue weighted by Gasteiger charge is 2.52. The van der Waals surface area contributed by atoms with E-state index in [0.29, 0.717) is 19.3 Å². The first-order valence-electron chi connectivity index (χ1n) is 5.84. The molecule has 1 fully saturated rings. The predicted octanol–water partition coefficient (Wildman–Crippen LogP) is 1.16. The summed E-state index contributed by atoms with van der Waals surface area (Å²) in [5.74, 6) is -0.451. The molecule has 4 heteroatoms. The molecule has 17 heavy (non-hydrogen) atoms. The summed E-state index contributed by atoms with van der Waals surface area (Å²) >= 11 is 0. The minimum absolute atomic E-state index is 0.0162. The van der Waals surface area contributed by atoms with E-state index < -0.39 is 5.41 Å². The largest absolute Gasteiger partial charge is 0.369 e. The Hall–Kier alpha value is -1.84. The third-order valence-corrected chi connectivity index (χ3v) is 4.04. The molecule has 1 heterocycles. The van der Waals surface area contributed by atoms with Crippen LogP contribution in [0.1, 0.15) is 24.8 Å². The highest BCUT2D eigenvalue weighted by molar-refractivity contribution is 6.06. The van der Waals surface area contributed by atoms with Gasteiger partial charge in [-0.25, -0.2) is 0 Å². The Morgan fingerprint density at radius 1 is 1.41 bits per heavy atom. The summed E-state index contributed by atoms with van der Waals surface area (Å²) in [6.07, 6.45) is 1.96. The summed E-state index contributed by atoms with van der Waals surface area (Å²) in [5.41, 5.74) is 6.73. The van der Waals surface area contributed by atoms with E-state index in [1.807, 2.05) is 24.3 Å². The zero-order valence-corrected chi connectivity index (χ0v) is 9.40. The van der Waals surface area contributed by atoms with Crippen LogP contribution in [-0.4, -0.2) is 11.8 Å². The number of nitrogens with two attached hydrogens (primary N) is 1. The lowest BCUT2D eigenvalue weighted by Gasteiger charge is -2.20. The van der Waals surface area contributed by atoms with Crippen LogP contribution in [0.15, 0.2) is 24.3 Å². The molecule has 1 saturated carbocycles. The van der Waals surface area contributed by atoms with E-state index in [9.17, 15) is 9.59 Å². The zero-order chi connectivity index (χ0) is 12.0. The number of carbonyl (C=O) groups excluding carboxylic acids is 2. The van der Waals surface area contributed by atoms with Crippen LogP contribution in [0.25, 0.3) is 0 Å². The van der Waals surface area contributed by atoms with Crippen molar-refractivity contribution in [3.8, 4) is 0 Å².